The third-order valence-corrected chi connectivity index (χ3v) is 2.52. The molecule has 0 radical (unpaired) electrons. The fraction of sp³-hybridized carbons (Fsp3) is 0.0833. The Labute approximate surface area is 103 Å². The molecule has 0 N–H and O–H groups in total. The molecule has 0 saturated heterocycles. The molecule has 1 heterocycles. The monoisotopic (exact) mass is 248 g/mol. The van der Waals surface area contributed by atoms with E-state index < -0.39 is 5.97 Å². The van der Waals surface area contributed by atoms with E-state index in [1.54, 1.807) is 24.3 Å². The summed E-state index contributed by atoms with van der Waals surface area (Å²) in [5.74, 6) is -0.428. The number of hydrogen-bond donors (Lipinski definition) is 0. The molecule has 0 amide bonds. The van der Waals surface area contributed by atoms with Gasteiger partial charge >= 0.3 is 5.97 Å². The summed E-state index contributed by atoms with van der Waals surface area (Å²) < 4.78 is 4.71. The Balaban J connectivity index is 2.60. The number of ether oxygens (including phenoxy) is 1. The molecule has 0 aliphatic heterocycles. The second-order valence-corrected chi connectivity index (χ2v) is 3.59. The summed E-state index contributed by atoms with van der Waals surface area (Å²) >= 11 is 5.95. The van der Waals surface area contributed by atoms with E-state index in [1.165, 1.54) is 19.5 Å². The first-order chi connectivity index (χ1) is 8.24. The lowest BCUT2D eigenvalue weighted by atomic mass is 10.1. The highest BCUT2D eigenvalue weighted by molar-refractivity contribution is 6.32. The van der Waals surface area contributed by atoms with Gasteiger partial charge in [0.25, 0.3) is 0 Å². The second-order valence-electron chi connectivity index (χ2n) is 3.23. The first kappa shape index (κ1) is 11.5. The minimum atomic E-state index is -0.428. The molecule has 0 bridgehead atoms. The van der Waals surface area contributed by atoms with Crippen molar-refractivity contribution in [2.75, 3.05) is 7.11 Å². The van der Waals surface area contributed by atoms with Gasteiger partial charge in [0.05, 0.1) is 12.7 Å². The van der Waals surface area contributed by atoms with Crippen LogP contribution in [0, 0.1) is 0 Å². The summed E-state index contributed by atoms with van der Waals surface area (Å²) in [5.41, 5.74) is 1.49. The number of carbonyl (C=O) groups excluding carboxylic acids is 1. The maximum atomic E-state index is 11.6. The lowest BCUT2D eigenvalue weighted by Crippen LogP contribution is -2.04. The predicted molar refractivity (Wildman–Crippen MR) is 63.8 cm³/mol. The van der Waals surface area contributed by atoms with E-state index in [1.807, 2.05) is 0 Å². The molecule has 0 atom stereocenters. The standard InChI is InChI=1S/C12H9ClN2O2/c1-17-12(16)9-5-3-2-4-8(9)10-11(13)15-7-6-14-10/h2-7H,1H3. The van der Waals surface area contributed by atoms with Gasteiger partial charge in [0.15, 0.2) is 5.15 Å². The van der Waals surface area contributed by atoms with Gasteiger partial charge in [-0.1, -0.05) is 29.8 Å². The second kappa shape index (κ2) is 4.93. The van der Waals surface area contributed by atoms with Gasteiger partial charge < -0.3 is 4.74 Å². The molecule has 0 saturated carbocycles. The molecular weight excluding hydrogens is 240 g/mol. The number of aromatic nitrogens is 2. The Bertz CT molecular complexity index is 558. The van der Waals surface area contributed by atoms with E-state index in [2.05, 4.69) is 9.97 Å². The summed E-state index contributed by atoms with van der Waals surface area (Å²) in [6.45, 7) is 0. The molecule has 2 aromatic rings. The largest absolute Gasteiger partial charge is 0.465 e. The van der Waals surface area contributed by atoms with Crippen molar-refractivity contribution in [1.29, 1.82) is 0 Å². The van der Waals surface area contributed by atoms with Crippen molar-refractivity contribution in [3.05, 3.63) is 47.4 Å². The third kappa shape index (κ3) is 2.26. The molecule has 2 rings (SSSR count). The van der Waals surface area contributed by atoms with Crippen LogP contribution in [0.3, 0.4) is 0 Å². The van der Waals surface area contributed by atoms with E-state index in [9.17, 15) is 4.79 Å². The van der Waals surface area contributed by atoms with Gasteiger partial charge in [-0.15, -0.1) is 0 Å². The predicted octanol–water partition coefficient (Wildman–Crippen LogP) is 2.58. The maximum absolute atomic E-state index is 11.6. The number of halogens is 1. The van der Waals surface area contributed by atoms with Gasteiger partial charge in [-0.2, -0.15) is 0 Å². The van der Waals surface area contributed by atoms with Gasteiger partial charge in [0, 0.05) is 18.0 Å². The number of nitrogens with zero attached hydrogens (tertiary/aromatic N) is 2. The Morgan fingerprint density at radius 3 is 2.65 bits per heavy atom. The topological polar surface area (TPSA) is 52.1 Å². The number of esters is 1. The fourth-order valence-corrected chi connectivity index (χ4v) is 1.69. The normalized spacial score (nSPS) is 10.0. The van der Waals surface area contributed by atoms with Crippen LogP contribution in [0.4, 0.5) is 0 Å². The van der Waals surface area contributed by atoms with Crippen molar-refractivity contribution in [3.8, 4) is 11.3 Å². The van der Waals surface area contributed by atoms with Crippen LogP contribution in [-0.4, -0.2) is 23.0 Å². The van der Waals surface area contributed by atoms with E-state index in [-0.39, 0.29) is 5.15 Å². The van der Waals surface area contributed by atoms with Gasteiger partial charge in [-0.05, 0) is 6.07 Å². The van der Waals surface area contributed by atoms with Crippen molar-refractivity contribution >= 4 is 17.6 Å². The van der Waals surface area contributed by atoms with Crippen LogP contribution in [-0.2, 0) is 4.74 Å². The molecule has 0 aliphatic rings. The van der Waals surface area contributed by atoms with Crippen LogP contribution in [0.2, 0.25) is 5.15 Å². The zero-order valence-corrected chi connectivity index (χ0v) is 9.81. The quantitative estimate of drug-likeness (QED) is 0.767. The van der Waals surface area contributed by atoms with Gasteiger partial charge in [-0.3, -0.25) is 4.98 Å². The first-order valence-electron chi connectivity index (χ1n) is 4.88. The van der Waals surface area contributed by atoms with E-state index >= 15 is 0 Å². The van der Waals surface area contributed by atoms with E-state index in [4.69, 9.17) is 16.3 Å². The number of hydrogen-bond acceptors (Lipinski definition) is 4. The van der Waals surface area contributed by atoms with Crippen molar-refractivity contribution in [2.24, 2.45) is 0 Å². The van der Waals surface area contributed by atoms with Crippen LogP contribution >= 0.6 is 11.6 Å². The van der Waals surface area contributed by atoms with E-state index in [0.29, 0.717) is 16.8 Å². The van der Waals surface area contributed by atoms with Crippen molar-refractivity contribution < 1.29 is 9.53 Å². The summed E-state index contributed by atoms with van der Waals surface area (Å²) in [5, 5.41) is 0.254. The average molecular weight is 249 g/mol. The highest BCUT2D eigenvalue weighted by Gasteiger charge is 2.15. The molecule has 0 spiro atoms. The SMILES string of the molecule is COC(=O)c1ccccc1-c1nccnc1Cl. The van der Waals surface area contributed by atoms with Crippen molar-refractivity contribution in [3.63, 3.8) is 0 Å². The molecule has 1 aromatic carbocycles. The van der Waals surface area contributed by atoms with Crippen LogP contribution < -0.4 is 0 Å². The van der Waals surface area contributed by atoms with Gasteiger partial charge in [0.1, 0.15) is 5.69 Å². The van der Waals surface area contributed by atoms with Crippen molar-refractivity contribution in [1.82, 2.24) is 9.97 Å². The Morgan fingerprint density at radius 2 is 1.94 bits per heavy atom. The van der Waals surface area contributed by atoms with Crippen molar-refractivity contribution in [2.45, 2.75) is 0 Å². The zero-order valence-electron chi connectivity index (χ0n) is 9.05. The molecule has 86 valence electrons. The number of benzene rings is 1. The minimum Gasteiger partial charge on any atom is -0.465 e. The molecule has 1 aromatic heterocycles. The van der Waals surface area contributed by atoms with Crippen LogP contribution in [0.15, 0.2) is 36.7 Å². The molecule has 4 nitrogen and oxygen atoms in total. The summed E-state index contributed by atoms with van der Waals surface area (Å²) in [4.78, 5) is 19.7. The molecular formula is C12H9ClN2O2. The fourth-order valence-electron chi connectivity index (χ4n) is 1.48. The molecule has 5 heteroatoms. The van der Waals surface area contributed by atoms with Gasteiger partial charge in [-0.25, -0.2) is 9.78 Å². The van der Waals surface area contributed by atoms with Gasteiger partial charge in [0.2, 0.25) is 0 Å². The highest BCUT2D eigenvalue weighted by atomic mass is 35.5. The number of methoxy groups -OCH3 is 1. The lowest BCUT2D eigenvalue weighted by Gasteiger charge is -2.07. The maximum Gasteiger partial charge on any atom is 0.338 e. The minimum absolute atomic E-state index is 0.254. The Morgan fingerprint density at radius 1 is 1.24 bits per heavy atom. The zero-order chi connectivity index (χ0) is 12.3. The lowest BCUT2D eigenvalue weighted by molar-refractivity contribution is 0.0601. The van der Waals surface area contributed by atoms with Crippen LogP contribution in [0.25, 0.3) is 11.3 Å². The molecule has 0 fully saturated rings. The Kier molecular flexibility index (Phi) is 3.35. The molecule has 0 unspecified atom stereocenters. The summed E-state index contributed by atoms with van der Waals surface area (Å²) in [7, 11) is 1.33. The summed E-state index contributed by atoms with van der Waals surface area (Å²) in [6, 6.07) is 6.96. The number of rotatable bonds is 2. The van der Waals surface area contributed by atoms with Crippen LogP contribution in [0.1, 0.15) is 10.4 Å². The molecule has 0 aliphatic carbocycles. The highest BCUT2D eigenvalue weighted by Crippen LogP contribution is 2.26. The Hall–Kier alpha value is -1.94. The summed E-state index contributed by atoms with van der Waals surface area (Å²) in [6.07, 6.45) is 3.02. The smallest absolute Gasteiger partial charge is 0.338 e. The third-order valence-electron chi connectivity index (χ3n) is 2.24. The average Bonchev–Trinajstić information content (AvgIpc) is 2.38. The first-order valence-corrected chi connectivity index (χ1v) is 5.26. The van der Waals surface area contributed by atoms with Crippen LogP contribution in [0.5, 0.6) is 0 Å². The van der Waals surface area contributed by atoms with E-state index in [0.717, 1.165) is 0 Å². The molecule has 17 heavy (non-hydrogen) atoms. The number of carbonyl (C=O) groups is 1.